The van der Waals surface area contributed by atoms with Crippen molar-refractivity contribution in [1.29, 1.82) is 0 Å². The van der Waals surface area contributed by atoms with Gasteiger partial charge < -0.3 is 10.2 Å². The molecular weight excluding hydrogens is 454 g/mol. The van der Waals surface area contributed by atoms with E-state index in [9.17, 15) is 9.59 Å². The molecule has 1 fully saturated rings. The van der Waals surface area contributed by atoms with Gasteiger partial charge in [-0.1, -0.05) is 36.1 Å². The Kier molecular flexibility index (Phi) is 7.09. The average Bonchev–Trinajstić information content (AvgIpc) is 3.19. The number of hydrogen-bond acceptors (Lipinski definition) is 7. The molecular formula is C24H31N5O2S2. The molecule has 2 aromatic heterocycles. The van der Waals surface area contributed by atoms with Crippen LogP contribution in [0.1, 0.15) is 50.8 Å². The molecule has 1 amide bonds. The number of thioether (sulfide) groups is 1. The zero-order valence-electron chi connectivity index (χ0n) is 19.8. The summed E-state index contributed by atoms with van der Waals surface area (Å²) in [6.45, 7) is 12.2. The zero-order chi connectivity index (χ0) is 23.7. The standard InChI is InChI=1S/C24H31N5O2S2/c1-14(2)29-22(31)20-21(26-23(33-20)28-10-8-15(3)9-11-28)27-24(29)32-13-19(30)25-18-7-6-16(4)17(5)12-18/h6-7,12,14-15H,8-11,13H2,1-5H3,(H,25,30). The predicted molar refractivity (Wildman–Crippen MR) is 138 cm³/mol. The summed E-state index contributed by atoms with van der Waals surface area (Å²) in [4.78, 5) is 37.6. The van der Waals surface area contributed by atoms with E-state index < -0.39 is 0 Å². The van der Waals surface area contributed by atoms with E-state index in [0.717, 1.165) is 48.2 Å². The molecule has 1 aliphatic heterocycles. The monoisotopic (exact) mass is 485 g/mol. The van der Waals surface area contributed by atoms with Crippen LogP contribution in [0.2, 0.25) is 0 Å². The number of anilines is 2. The van der Waals surface area contributed by atoms with Crippen LogP contribution in [0.25, 0.3) is 10.3 Å². The van der Waals surface area contributed by atoms with E-state index in [2.05, 4.69) is 17.1 Å². The van der Waals surface area contributed by atoms with E-state index in [1.807, 2.05) is 45.9 Å². The predicted octanol–water partition coefficient (Wildman–Crippen LogP) is 5.02. The molecule has 0 atom stereocenters. The largest absolute Gasteiger partial charge is 0.348 e. The van der Waals surface area contributed by atoms with Crippen molar-refractivity contribution in [3.05, 3.63) is 39.7 Å². The summed E-state index contributed by atoms with van der Waals surface area (Å²) < 4.78 is 2.26. The van der Waals surface area contributed by atoms with Gasteiger partial charge in [0.2, 0.25) is 5.91 Å². The number of aryl methyl sites for hydroxylation is 2. The third-order valence-electron chi connectivity index (χ3n) is 6.11. The molecule has 0 aliphatic carbocycles. The Balaban J connectivity index is 1.55. The van der Waals surface area contributed by atoms with Crippen LogP contribution < -0.4 is 15.8 Å². The molecule has 0 bridgehead atoms. The highest BCUT2D eigenvalue weighted by Gasteiger charge is 2.23. The lowest BCUT2D eigenvalue weighted by Gasteiger charge is -2.29. The van der Waals surface area contributed by atoms with Crippen LogP contribution in [0.5, 0.6) is 0 Å². The first-order valence-corrected chi connectivity index (χ1v) is 13.2. The smallest absolute Gasteiger partial charge is 0.274 e. The number of benzene rings is 1. The minimum absolute atomic E-state index is 0.0684. The van der Waals surface area contributed by atoms with Crippen LogP contribution in [-0.4, -0.2) is 39.3 Å². The molecule has 1 aromatic carbocycles. The molecule has 0 unspecified atom stereocenters. The zero-order valence-corrected chi connectivity index (χ0v) is 21.5. The molecule has 3 heterocycles. The maximum absolute atomic E-state index is 13.3. The molecule has 1 aliphatic rings. The molecule has 7 nitrogen and oxygen atoms in total. The molecule has 9 heteroatoms. The van der Waals surface area contributed by atoms with Gasteiger partial charge in [0, 0.05) is 24.8 Å². The number of piperidine rings is 1. The second-order valence-electron chi connectivity index (χ2n) is 9.12. The Morgan fingerprint density at radius 1 is 1.21 bits per heavy atom. The van der Waals surface area contributed by atoms with Crippen LogP contribution in [0.15, 0.2) is 28.2 Å². The SMILES string of the molecule is Cc1ccc(NC(=O)CSc2nc3nc(N4CCC(C)CC4)sc3c(=O)n2C(C)C)cc1C. The molecule has 0 saturated carbocycles. The Bertz CT molecular complexity index is 1230. The van der Waals surface area contributed by atoms with Crippen LogP contribution in [0.3, 0.4) is 0 Å². The molecule has 0 radical (unpaired) electrons. The van der Waals surface area contributed by atoms with Crippen LogP contribution in [-0.2, 0) is 4.79 Å². The topological polar surface area (TPSA) is 80.1 Å². The number of hydrogen-bond donors (Lipinski definition) is 1. The van der Waals surface area contributed by atoms with Gasteiger partial charge in [-0.15, -0.1) is 0 Å². The molecule has 1 N–H and O–H groups in total. The summed E-state index contributed by atoms with van der Waals surface area (Å²) in [6, 6.07) is 5.79. The molecule has 33 heavy (non-hydrogen) atoms. The first-order valence-electron chi connectivity index (χ1n) is 11.4. The van der Waals surface area contributed by atoms with E-state index in [4.69, 9.17) is 9.97 Å². The summed E-state index contributed by atoms with van der Waals surface area (Å²) in [5, 5.41) is 4.33. The lowest BCUT2D eigenvalue weighted by atomic mass is 10.00. The van der Waals surface area contributed by atoms with Gasteiger partial charge in [0.15, 0.2) is 15.9 Å². The maximum Gasteiger partial charge on any atom is 0.274 e. The van der Waals surface area contributed by atoms with Gasteiger partial charge in [0.1, 0.15) is 4.70 Å². The molecule has 3 aromatic rings. The highest BCUT2D eigenvalue weighted by Crippen LogP contribution is 2.31. The number of nitrogens with zero attached hydrogens (tertiary/aromatic N) is 4. The number of carbonyl (C=O) groups excluding carboxylic acids is 1. The average molecular weight is 486 g/mol. The van der Waals surface area contributed by atoms with E-state index in [1.54, 1.807) is 4.57 Å². The lowest BCUT2D eigenvalue weighted by Crippen LogP contribution is -2.32. The van der Waals surface area contributed by atoms with Gasteiger partial charge in [-0.3, -0.25) is 14.2 Å². The Hall–Kier alpha value is -2.39. The van der Waals surface area contributed by atoms with Gasteiger partial charge >= 0.3 is 0 Å². The number of rotatable bonds is 6. The van der Waals surface area contributed by atoms with E-state index in [-0.39, 0.29) is 23.3 Å². The van der Waals surface area contributed by atoms with Crippen molar-refractivity contribution in [2.45, 2.75) is 58.7 Å². The Morgan fingerprint density at radius 2 is 1.94 bits per heavy atom. The summed E-state index contributed by atoms with van der Waals surface area (Å²) in [5.74, 6) is 0.762. The molecule has 4 rings (SSSR count). The van der Waals surface area contributed by atoms with Crippen molar-refractivity contribution >= 4 is 50.2 Å². The van der Waals surface area contributed by atoms with Crippen molar-refractivity contribution in [2.75, 3.05) is 29.1 Å². The molecule has 176 valence electrons. The lowest BCUT2D eigenvalue weighted by molar-refractivity contribution is -0.113. The minimum atomic E-state index is -0.130. The van der Waals surface area contributed by atoms with Crippen molar-refractivity contribution in [2.24, 2.45) is 5.92 Å². The van der Waals surface area contributed by atoms with Crippen LogP contribution >= 0.6 is 23.1 Å². The normalized spacial score (nSPS) is 14.9. The summed E-state index contributed by atoms with van der Waals surface area (Å²) >= 11 is 2.71. The highest BCUT2D eigenvalue weighted by atomic mass is 32.2. The van der Waals surface area contributed by atoms with Gasteiger partial charge in [-0.25, -0.2) is 4.98 Å². The van der Waals surface area contributed by atoms with Gasteiger partial charge in [0.25, 0.3) is 5.56 Å². The quantitative estimate of drug-likeness (QED) is 0.390. The number of carbonyl (C=O) groups is 1. The fraction of sp³-hybridized carbons (Fsp3) is 0.500. The van der Waals surface area contributed by atoms with E-state index in [0.29, 0.717) is 15.5 Å². The summed E-state index contributed by atoms with van der Waals surface area (Å²) in [6.07, 6.45) is 2.27. The second-order valence-corrected chi connectivity index (χ2v) is 11.0. The summed E-state index contributed by atoms with van der Waals surface area (Å²) in [5.41, 5.74) is 3.48. The summed E-state index contributed by atoms with van der Waals surface area (Å²) in [7, 11) is 0. The van der Waals surface area contributed by atoms with Gasteiger partial charge in [-0.2, -0.15) is 4.98 Å². The van der Waals surface area contributed by atoms with Crippen molar-refractivity contribution < 1.29 is 4.79 Å². The van der Waals surface area contributed by atoms with Crippen LogP contribution in [0.4, 0.5) is 10.8 Å². The van der Waals surface area contributed by atoms with Crippen molar-refractivity contribution in [3.8, 4) is 0 Å². The van der Waals surface area contributed by atoms with Crippen LogP contribution in [0, 0.1) is 19.8 Å². The number of nitrogens with one attached hydrogen (secondary N) is 1. The van der Waals surface area contributed by atoms with Crippen molar-refractivity contribution in [3.63, 3.8) is 0 Å². The van der Waals surface area contributed by atoms with Gasteiger partial charge in [0.05, 0.1) is 5.75 Å². The van der Waals surface area contributed by atoms with E-state index in [1.165, 1.54) is 28.7 Å². The molecule has 0 spiro atoms. The fourth-order valence-corrected chi connectivity index (χ4v) is 5.81. The first-order chi connectivity index (χ1) is 15.7. The minimum Gasteiger partial charge on any atom is -0.348 e. The fourth-order valence-electron chi connectivity index (χ4n) is 3.90. The second kappa shape index (κ2) is 9.85. The number of aromatic nitrogens is 3. The molecule has 1 saturated heterocycles. The number of thiazole rings is 1. The Morgan fingerprint density at radius 3 is 2.61 bits per heavy atom. The highest BCUT2D eigenvalue weighted by molar-refractivity contribution is 7.99. The number of fused-ring (bicyclic) bond motifs is 1. The third-order valence-corrected chi connectivity index (χ3v) is 8.16. The maximum atomic E-state index is 13.3. The van der Waals surface area contributed by atoms with Crippen molar-refractivity contribution in [1.82, 2.24) is 14.5 Å². The first kappa shape index (κ1) is 23.8. The Labute approximate surface area is 202 Å². The number of amides is 1. The van der Waals surface area contributed by atoms with Gasteiger partial charge in [-0.05, 0) is 69.7 Å². The van der Waals surface area contributed by atoms with E-state index >= 15 is 0 Å². The third kappa shape index (κ3) is 5.24.